The first kappa shape index (κ1) is 14.0. The van der Waals surface area contributed by atoms with Gasteiger partial charge in [-0.3, -0.25) is 0 Å². The van der Waals surface area contributed by atoms with E-state index in [4.69, 9.17) is 11.5 Å². The minimum atomic E-state index is 0.151. The van der Waals surface area contributed by atoms with Gasteiger partial charge in [-0.2, -0.15) is 15.0 Å². The molecule has 0 amide bonds. The lowest BCUT2D eigenvalue weighted by Gasteiger charge is -2.08. The van der Waals surface area contributed by atoms with Gasteiger partial charge in [0.05, 0.1) is 0 Å². The van der Waals surface area contributed by atoms with Gasteiger partial charge in [0.25, 0.3) is 0 Å². The molecule has 7 nitrogen and oxygen atoms in total. The van der Waals surface area contributed by atoms with E-state index in [9.17, 15) is 0 Å². The Morgan fingerprint density at radius 1 is 0.955 bits per heavy atom. The summed E-state index contributed by atoms with van der Waals surface area (Å²) in [6.45, 7) is 0.713. The van der Waals surface area contributed by atoms with E-state index in [2.05, 4.69) is 36.6 Å². The van der Waals surface area contributed by atoms with Crippen LogP contribution in [0, 0.1) is 0 Å². The summed E-state index contributed by atoms with van der Waals surface area (Å²) >= 11 is 0. The van der Waals surface area contributed by atoms with Crippen LogP contribution < -0.4 is 11.5 Å². The van der Waals surface area contributed by atoms with Crippen LogP contribution in [-0.2, 0) is 19.4 Å². The van der Waals surface area contributed by atoms with Gasteiger partial charge < -0.3 is 16.0 Å². The van der Waals surface area contributed by atoms with Crippen molar-refractivity contribution in [1.29, 1.82) is 0 Å². The third-order valence-electron chi connectivity index (χ3n) is 3.30. The molecule has 0 bridgehead atoms. The summed E-state index contributed by atoms with van der Waals surface area (Å²) in [5, 5.41) is 0. The molecule has 0 saturated carbocycles. The van der Waals surface area contributed by atoms with E-state index in [0.717, 1.165) is 12.2 Å². The molecule has 3 rings (SSSR count). The fourth-order valence-electron chi connectivity index (χ4n) is 2.28. The molecule has 0 unspecified atom stereocenters. The molecule has 0 aliphatic heterocycles. The van der Waals surface area contributed by atoms with Crippen LogP contribution in [0.1, 0.15) is 17.2 Å². The smallest absolute Gasteiger partial charge is 0.225 e. The molecule has 112 valence electrons. The maximum absolute atomic E-state index is 5.58. The average molecular weight is 295 g/mol. The van der Waals surface area contributed by atoms with Gasteiger partial charge in [0, 0.05) is 31.8 Å². The van der Waals surface area contributed by atoms with E-state index in [1.807, 2.05) is 24.4 Å². The minimum Gasteiger partial charge on any atom is -0.368 e. The Morgan fingerprint density at radius 2 is 1.68 bits per heavy atom. The fourth-order valence-corrected chi connectivity index (χ4v) is 2.28. The SMILES string of the molecule is Nc1nc(N)nc(CCn2ccnc2Cc2ccccc2)n1. The molecule has 0 fully saturated rings. The molecule has 0 aliphatic rings. The van der Waals surface area contributed by atoms with Gasteiger partial charge in [0.1, 0.15) is 11.6 Å². The Morgan fingerprint density at radius 3 is 2.41 bits per heavy atom. The van der Waals surface area contributed by atoms with Gasteiger partial charge in [-0.1, -0.05) is 30.3 Å². The lowest BCUT2D eigenvalue weighted by Crippen LogP contribution is -2.11. The summed E-state index contributed by atoms with van der Waals surface area (Å²) in [6, 6.07) is 10.2. The van der Waals surface area contributed by atoms with Crippen LogP contribution in [0.4, 0.5) is 11.9 Å². The first-order valence-electron chi connectivity index (χ1n) is 7.00. The minimum absolute atomic E-state index is 0.151. The molecular weight excluding hydrogens is 278 g/mol. The van der Waals surface area contributed by atoms with Crippen molar-refractivity contribution in [2.75, 3.05) is 11.5 Å². The van der Waals surface area contributed by atoms with Crippen molar-refractivity contribution in [2.24, 2.45) is 0 Å². The van der Waals surface area contributed by atoms with E-state index in [-0.39, 0.29) is 11.9 Å². The summed E-state index contributed by atoms with van der Waals surface area (Å²) in [5.41, 5.74) is 12.4. The molecule has 2 heterocycles. The van der Waals surface area contributed by atoms with Gasteiger partial charge >= 0.3 is 0 Å². The third kappa shape index (κ3) is 3.38. The molecule has 0 aliphatic carbocycles. The second-order valence-corrected chi connectivity index (χ2v) is 4.92. The van der Waals surface area contributed by atoms with Crippen molar-refractivity contribution < 1.29 is 0 Å². The van der Waals surface area contributed by atoms with E-state index < -0.39 is 0 Å². The number of anilines is 2. The number of hydrogen-bond donors (Lipinski definition) is 2. The highest BCUT2D eigenvalue weighted by molar-refractivity contribution is 5.26. The first-order chi connectivity index (χ1) is 10.7. The van der Waals surface area contributed by atoms with Crippen LogP contribution in [0.3, 0.4) is 0 Å². The highest BCUT2D eigenvalue weighted by Gasteiger charge is 2.06. The number of imidazole rings is 1. The standard InChI is InChI=1S/C15H17N7/c16-14-19-12(20-15(17)21-14)6-8-22-9-7-18-13(22)10-11-4-2-1-3-5-11/h1-5,7,9H,6,8,10H2,(H4,16,17,19,20,21). The number of nitrogen functional groups attached to an aromatic ring is 2. The molecule has 3 aromatic rings. The van der Waals surface area contributed by atoms with Gasteiger partial charge in [-0.05, 0) is 5.56 Å². The number of nitrogens with zero attached hydrogens (tertiary/aromatic N) is 5. The topological polar surface area (TPSA) is 109 Å². The molecular formula is C15H17N7. The zero-order valence-electron chi connectivity index (χ0n) is 12.1. The second kappa shape index (κ2) is 6.21. The summed E-state index contributed by atoms with van der Waals surface area (Å²) in [7, 11) is 0. The highest BCUT2D eigenvalue weighted by Crippen LogP contribution is 2.09. The van der Waals surface area contributed by atoms with E-state index in [1.54, 1.807) is 6.20 Å². The molecule has 2 aromatic heterocycles. The molecule has 7 heteroatoms. The Bertz CT molecular complexity index is 731. The highest BCUT2D eigenvalue weighted by atomic mass is 15.1. The number of rotatable bonds is 5. The van der Waals surface area contributed by atoms with Crippen LogP contribution in [-0.4, -0.2) is 24.5 Å². The molecule has 4 N–H and O–H groups in total. The molecule has 22 heavy (non-hydrogen) atoms. The first-order valence-corrected chi connectivity index (χ1v) is 7.00. The lowest BCUT2D eigenvalue weighted by atomic mass is 10.1. The van der Waals surface area contributed by atoms with E-state index in [1.165, 1.54) is 5.56 Å². The van der Waals surface area contributed by atoms with Crippen LogP contribution in [0.5, 0.6) is 0 Å². The van der Waals surface area contributed by atoms with E-state index >= 15 is 0 Å². The van der Waals surface area contributed by atoms with Gasteiger partial charge in [0.15, 0.2) is 0 Å². The van der Waals surface area contributed by atoms with Crippen molar-refractivity contribution in [1.82, 2.24) is 24.5 Å². The second-order valence-electron chi connectivity index (χ2n) is 4.92. The zero-order chi connectivity index (χ0) is 15.4. The largest absolute Gasteiger partial charge is 0.368 e. The molecule has 0 atom stereocenters. The van der Waals surface area contributed by atoms with Crippen molar-refractivity contribution in [3.63, 3.8) is 0 Å². The lowest BCUT2D eigenvalue weighted by molar-refractivity contribution is 0.641. The molecule has 0 saturated heterocycles. The van der Waals surface area contributed by atoms with E-state index in [0.29, 0.717) is 18.8 Å². The van der Waals surface area contributed by atoms with Gasteiger partial charge in [-0.25, -0.2) is 4.98 Å². The number of aryl methyl sites for hydroxylation is 2. The predicted molar refractivity (Wildman–Crippen MR) is 83.8 cm³/mol. The Kier molecular flexibility index (Phi) is 3.95. The molecule has 1 aromatic carbocycles. The Labute approximate surface area is 128 Å². The van der Waals surface area contributed by atoms with Crippen molar-refractivity contribution in [2.45, 2.75) is 19.4 Å². The number of hydrogen-bond acceptors (Lipinski definition) is 6. The summed E-state index contributed by atoms with van der Waals surface area (Å²) in [5.74, 6) is 1.89. The zero-order valence-corrected chi connectivity index (χ0v) is 12.1. The van der Waals surface area contributed by atoms with Crippen LogP contribution in [0.2, 0.25) is 0 Å². The summed E-state index contributed by atoms with van der Waals surface area (Å²) in [4.78, 5) is 16.4. The quantitative estimate of drug-likeness (QED) is 0.728. The van der Waals surface area contributed by atoms with Crippen molar-refractivity contribution >= 4 is 11.9 Å². The Balaban J connectivity index is 1.70. The van der Waals surface area contributed by atoms with Crippen molar-refractivity contribution in [3.05, 3.63) is 59.9 Å². The van der Waals surface area contributed by atoms with Crippen molar-refractivity contribution in [3.8, 4) is 0 Å². The van der Waals surface area contributed by atoms with Crippen LogP contribution in [0.15, 0.2) is 42.7 Å². The maximum atomic E-state index is 5.58. The maximum Gasteiger partial charge on any atom is 0.225 e. The van der Waals surface area contributed by atoms with Gasteiger partial charge in [-0.15, -0.1) is 0 Å². The normalized spacial score (nSPS) is 10.7. The van der Waals surface area contributed by atoms with Crippen LogP contribution >= 0.6 is 0 Å². The number of nitrogens with two attached hydrogens (primary N) is 2. The Hall–Kier alpha value is -2.96. The predicted octanol–water partition coefficient (Wildman–Crippen LogP) is 1.07. The molecule has 0 radical (unpaired) electrons. The average Bonchev–Trinajstić information content (AvgIpc) is 2.92. The van der Waals surface area contributed by atoms with Crippen LogP contribution in [0.25, 0.3) is 0 Å². The monoisotopic (exact) mass is 295 g/mol. The molecule has 0 spiro atoms. The number of benzene rings is 1. The number of aromatic nitrogens is 5. The van der Waals surface area contributed by atoms with Gasteiger partial charge in [0.2, 0.25) is 11.9 Å². The fraction of sp³-hybridized carbons (Fsp3) is 0.200. The third-order valence-corrected chi connectivity index (χ3v) is 3.30. The summed E-state index contributed by atoms with van der Waals surface area (Å²) < 4.78 is 2.09. The summed E-state index contributed by atoms with van der Waals surface area (Å²) in [6.07, 6.45) is 5.16.